The van der Waals surface area contributed by atoms with E-state index in [0.717, 1.165) is 24.1 Å². The van der Waals surface area contributed by atoms with Gasteiger partial charge < -0.3 is 10.0 Å². The fourth-order valence-corrected chi connectivity index (χ4v) is 2.49. The first-order valence-electron chi connectivity index (χ1n) is 7.10. The zero-order valence-corrected chi connectivity index (χ0v) is 12.8. The fraction of sp³-hybridized carbons (Fsp3) is 0.333. The Balaban J connectivity index is 2.16. The van der Waals surface area contributed by atoms with Gasteiger partial charge in [-0.15, -0.1) is 0 Å². The third-order valence-electron chi connectivity index (χ3n) is 3.76. The van der Waals surface area contributed by atoms with E-state index in [2.05, 4.69) is 55.3 Å². The molecule has 0 amide bonds. The van der Waals surface area contributed by atoms with E-state index < -0.39 is 0 Å². The van der Waals surface area contributed by atoms with Crippen molar-refractivity contribution in [3.8, 4) is 5.75 Å². The minimum Gasteiger partial charge on any atom is -0.507 e. The van der Waals surface area contributed by atoms with Gasteiger partial charge in [0.2, 0.25) is 0 Å². The Morgan fingerprint density at radius 3 is 2.00 bits per heavy atom. The lowest BCUT2D eigenvalue weighted by molar-refractivity contribution is 0.466. The van der Waals surface area contributed by atoms with Gasteiger partial charge in [0, 0.05) is 19.3 Å². The summed E-state index contributed by atoms with van der Waals surface area (Å²) in [6.07, 6.45) is 1.07. The zero-order chi connectivity index (χ0) is 14.7. The minimum atomic E-state index is 0.406. The number of phenolic OH excluding ortho intramolecular Hbond substituents is 1. The summed E-state index contributed by atoms with van der Waals surface area (Å²) in [5.41, 5.74) is 5.67. The van der Waals surface area contributed by atoms with Crippen molar-refractivity contribution in [3.05, 3.63) is 58.7 Å². The molecule has 106 valence electrons. The van der Waals surface area contributed by atoms with E-state index in [9.17, 15) is 5.11 Å². The van der Waals surface area contributed by atoms with E-state index in [4.69, 9.17) is 0 Å². The summed E-state index contributed by atoms with van der Waals surface area (Å²) in [7, 11) is 2.10. The van der Waals surface area contributed by atoms with Crippen LogP contribution < -0.4 is 4.90 Å². The number of anilines is 1. The molecule has 20 heavy (non-hydrogen) atoms. The number of aromatic hydroxyl groups is 1. The van der Waals surface area contributed by atoms with Crippen molar-refractivity contribution in [1.82, 2.24) is 0 Å². The lowest BCUT2D eigenvalue weighted by Crippen LogP contribution is -2.16. The molecular formula is C18H23NO. The summed E-state index contributed by atoms with van der Waals surface area (Å²) in [6.45, 7) is 6.90. The molecule has 0 radical (unpaired) electrons. The van der Waals surface area contributed by atoms with Crippen LogP contribution in [0.5, 0.6) is 5.75 Å². The molecule has 0 aliphatic rings. The molecule has 1 N–H and O–H groups in total. The van der Waals surface area contributed by atoms with Crippen LogP contribution in [0.15, 0.2) is 36.4 Å². The highest BCUT2D eigenvalue weighted by atomic mass is 16.3. The van der Waals surface area contributed by atoms with Gasteiger partial charge in [-0.1, -0.05) is 31.2 Å². The molecule has 2 heteroatoms. The normalized spacial score (nSPS) is 10.6. The van der Waals surface area contributed by atoms with Crippen molar-refractivity contribution in [2.75, 3.05) is 11.9 Å². The molecule has 2 nitrogen and oxygen atoms in total. The number of rotatable bonds is 4. The van der Waals surface area contributed by atoms with Crippen LogP contribution in [0.25, 0.3) is 0 Å². The van der Waals surface area contributed by atoms with Gasteiger partial charge in [0.15, 0.2) is 0 Å². The molecular weight excluding hydrogens is 246 g/mol. The van der Waals surface area contributed by atoms with Gasteiger partial charge in [0.25, 0.3) is 0 Å². The Kier molecular flexibility index (Phi) is 4.33. The minimum absolute atomic E-state index is 0.406. The van der Waals surface area contributed by atoms with Gasteiger partial charge in [-0.3, -0.25) is 0 Å². The Morgan fingerprint density at radius 2 is 1.50 bits per heavy atom. The third-order valence-corrected chi connectivity index (χ3v) is 3.76. The molecule has 2 aromatic rings. The van der Waals surface area contributed by atoms with Gasteiger partial charge in [-0.25, -0.2) is 0 Å². The van der Waals surface area contributed by atoms with Gasteiger partial charge in [-0.2, -0.15) is 0 Å². The Labute approximate surface area is 121 Å². The molecule has 0 aromatic heterocycles. The molecule has 0 aliphatic carbocycles. The summed E-state index contributed by atoms with van der Waals surface area (Å²) in [6, 6.07) is 12.8. The topological polar surface area (TPSA) is 23.5 Å². The number of aryl methyl sites for hydroxylation is 3. The summed E-state index contributed by atoms with van der Waals surface area (Å²) in [5, 5.41) is 9.83. The number of hydrogen-bond donors (Lipinski definition) is 1. The van der Waals surface area contributed by atoms with Gasteiger partial charge in [0.1, 0.15) is 5.75 Å². The highest BCUT2D eigenvalue weighted by molar-refractivity contribution is 5.49. The Bertz CT molecular complexity index is 564. The number of phenols is 1. The molecule has 0 aliphatic heterocycles. The molecule has 0 fully saturated rings. The predicted molar refractivity (Wildman–Crippen MR) is 85.5 cm³/mol. The molecule has 0 unspecified atom stereocenters. The summed E-state index contributed by atoms with van der Waals surface area (Å²) in [5.74, 6) is 0.406. The SMILES string of the molecule is CCc1ccc(N(C)Cc2cc(C)c(O)c(C)c2)cc1. The van der Waals surface area contributed by atoms with Crippen molar-refractivity contribution in [2.24, 2.45) is 0 Å². The average Bonchev–Trinajstić information content (AvgIpc) is 2.44. The highest BCUT2D eigenvalue weighted by Crippen LogP contribution is 2.24. The Morgan fingerprint density at radius 1 is 0.950 bits per heavy atom. The van der Waals surface area contributed by atoms with Crippen LogP contribution in [0.3, 0.4) is 0 Å². The number of benzene rings is 2. The van der Waals surface area contributed by atoms with Crippen LogP contribution in [0, 0.1) is 13.8 Å². The number of nitrogens with zero attached hydrogens (tertiary/aromatic N) is 1. The number of hydrogen-bond acceptors (Lipinski definition) is 2. The van der Waals surface area contributed by atoms with Crippen LogP contribution in [-0.2, 0) is 13.0 Å². The van der Waals surface area contributed by atoms with Crippen molar-refractivity contribution in [2.45, 2.75) is 33.7 Å². The highest BCUT2D eigenvalue weighted by Gasteiger charge is 2.06. The predicted octanol–water partition coefficient (Wildman–Crippen LogP) is 4.21. The maximum Gasteiger partial charge on any atom is 0.121 e. The third kappa shape index (κ3) is 3.13. The molecule has 0 saturated heterocycles. The smallest absolute Gasteiger partial charge is 0.121 e. The van der Waals surface area contributed by atoms with E-state index in [1.807, 2.05) is 13.8 Å². The molecule has 0 spiro atoms. The van der Waals surface area contributed by atoms with Crippen molar-refractivity contribution in [1.29, 1.82) is 0 Å². The van der Waals surface area contributed by atoms with E-state index in [1.54, 1.807) is 0 Å². The van der Waals surface area contributed by atoms with Crippen molar-refractivity contribution >= 4 is 5.69 Å². The molecule has 0 saturated carbocycles. The maximum absolute atomic E-state index is 9.83. The molecule has 0 atom stereocenters. The van der Waals surface area contributed by atoms with Crippen LogP contribution in [-0.4, -0.2) is 12.2 Å². The first kappa shape index (κ1) is 14.4. The second kappa shape index (κ2) is 6.00. The molecule has 2 aromatic carbocycles. The quantitative estimate of drug-likeness (QED) is 0.899. The molecule has 0 bridgehead atoms. The fourth-order valence-electron chi connectivity index (χ4n) is 2.49. The average molecular weight is 269 g/mol. The standard InChI is InChI=1S/C18H23NO/c1-5-15-6-8-17(9-7-15)19(4)12-16-10-13(2)18(20)14(3)11-16/h6-11,20H,5,12H2,1-4H3. The molecule has 2 rings (SSSR count). The van der Waals surface area contributed by atoms with E-state index in [0.29, 0.717) is 5.75 Å². The van der Waals surface area contributed by atoms with Crippen molar-refractivity contribution < 1.29 is 5.11 Å². The van der Waals surface area contributed by atoms with Crippen LogP contribution in [0.1, 0.15) is 29.2 Å². The van der Waals surface area contributed by atoms with Crippen LogP contribution >= 0.6 is 0 Å². The lowest BCUT2D eigenvalue weighted by atomic mass is 10.1. The first-order chi connectivity index (χ1) is 9.51. The van der Waals surface area contributed by atoms with Crippen molar-refractivity contribution in [3.63, 3.8) is 0 Å². The van der Waals surface area contributed by atoms with Gasteiger partial charge in [0.05, 0.1) is 0 Å². The summed E-state index contributed by atoms with van der Waals surface area (Å²) < 4.78 is 0. The van der Waals surface area contributed by atoms with Crippen LogP contribution in [0.2, 0.25) is 0 Å². The summed E-state index contributed by atoms with van der Waals surface area (Å²) >= 11 is 0. The monoisotopic (exact) mass is 269 g/mol. The second-order valence-corrected chi connectivity index (χ2v) is 5.45. The summed E-state index contributed by atoms with van der Waals surface area (Å²) in [4.78, 5) is 2.23. The zero-order valence-electron chi connectivity index (χ0n) is 12.8. The second-order valence-electron chi connectivity index (χ2n) is 5.45. The first-order valence-corrected chi connectivity index (χ1v) is 7.10. The van der Waals surface area contributed by atoms with E-state index >= 15 is 0 Å². The van der Waals surface area contributed by atoms with E-state index in [-0.39, 0.29) is 0 Å². The molecule has 0 heterocycles. The van der Waals surface area contributed by atoms with E-state index in [1.165, 1.54) is 16.8 Å². The Hall–Kier alpha value is -1.96. The van der Waals surface area contributed by atoms with Gasteiger partial charge >= 0.3 is 0 Å². The van der Waals surface area contributed by atoms with Gasteiger partial charge in [-0.05, 0) is 54.7 Å². The van der Waals surface area contributed by atoms with Crippen LogP contribution in [0.4, 0.5) is 5.69 Å². The largest absolute Gasteiger partial charge is 0.507 e. The maximum atomic E-state index is 9.83. The lowest BCUT2D eigenvalue weighted by Gasteiger charge is -2.20.